The first-order valence-corrected chi connectivity index (χ1v) is 5.63. The van der Waals surface area contributed by atoms with Crippen LogP contribution in [-0.4, -0.2) is 27.6 Å². The number of carbonyl (C=O) groups is 1. The third kappa shape index (κ3) is 2.91. The summed E-state index contributed by atoms with van der Waals surface area (Å²) < 4.78 is 6.94. The van der Waals surface area contributed by atoms with E-state index in [-0.39, 0.29) is 12.5 Å². The normalized spacial score (nSPS) is 10.6. The Kier molecular flexibility index (Phi) is 3.36. The van der Waals surface area contributed by atoms with Gasteiger partial charge >= 0.3 is 0 Å². The molecule has 2 heterocycles. The van der Waals surface area contributed by atoms with Gasteiger partial charge in [0.05, 0.1) is 6.54 Å². The number of anilines is 1. The number of aryl methyl sites for hydroxylation is 1. The highest BCUT2D eigenvalue weighted by molar-refractivity contribution is 5.75. The summed E-state index contributed by atoms with van der Waals surface area (Å²) in [5.41, 5.74) is 5.48. The largest absolute Gasteiger partial charge is 0.464 e. The highest BCUT2D eigenvalue weighted by Crippen LogP contribution is 2.09. The number of aromatic nitrogens is 2. The lowest BCUT2D eigenvalue weighted by Gasteiger charge is -2.15. The fourth-order valence-electron chi connectivity index (χ4n) is 1.62. The van der Waals surface area contributed by atoms with E-state index in [4.69, 9.17) is 10.2 Å². The summed E-state index contributed by atoms with van der Waals surface area (Å²) in [5.74, 6) is 1.97. The van der Waals surface area contributed by atoms with Gasteiger partial charge in [0.25, 0.3) is 0 Å². The minimum Gasteiger partial charge on any atom is -0.464 e. The van der Waals surface area contributed by atoms with Crippen LogP contribution in [0.1, 0.15) is 11.5 Å². The van der Waals surface area contributed by atoms with E-state index in [2.05, 4.69) is 5.10 Å². The summed E-state index contributed by atoms with van der Waals surface area (Å²) in [7, 11) is 1.73. The van der Waals surface area contributed by atoms with Crippen LogP contribution in [0.2, 0.25) is 0 Å². The Balaban J connectivity index is 1.92. The Morgan fingerprint density at radius 3 is 2.83 bits per heavy atom. The van der Waals surface area contributed by atoms with Crippen molar-refractivity contribution in [3.8, 4) is 0 Å². The van der Waals surface area contributed by atoms with E-state index in [1.807, 2.05) is 19.1 Å². The summed E-state index contributed by atoms with van der Waals surface area (Å²) in [6.07, 6.45) is 1.68. The molecule has 0 radical (unpaired) electrons. The van der Waals surface area contributed by atoms with Crippen molar-refractivity contribution in [2.45, 2.75) is 20.0 Å². The average Bonchev–Trinajstić information content (AvgIpc) is 2.88. The second-order valence-electron chi connectivity index (χ2n) is 4.20. The summed E-state index contributed by atoms with van der Waals surface area (Å²) in [6, 6.07) is 5.40. The lowest BCUT2D eigenvalue weighted by molar-refractivity contribution is -0.131. The molecule has 0 aromatic carbocycles. The van der Waals surface area contributed by atoms with Crippen molar-refractivity contribution in [2.75, 3.05) is 12.8 Å². The molecule has 0 saturated carbocycles. The molecular formula is C12H16N4O2. The number of carbonyl (C=O) groups excluding carboxylic acids is 1. The van der Waals surface area contributed by atoms with Gasteiger partial charge in [0.15, 0.2) is 0 Å². The number of amides is 1. The number of likely N-dealkylation sites (N-methyl/N-ethyl adjacent to an activating group) is 1. The molecule has 2 aromatic rings. The number of nitrogen functional groups attached to an aromatic ring is 1. The zero-order valence-electron chi connectivity index (χ0n) is 10.5. The molecule has 96 valence electrons. The zero-order chi connectivity index (χ0) is 13.1. The fraction of sp³-hybridized carbons (Fsp3) is 0.333. The van der Waals surface area contributed by atoms with Gasteiger partial charge in [-0.15, -0.1) is 0 Å². The molecular weight excluding hydrogens is 232 g/mol. The summed E-state index contributed by atoms with van der Waals surface area (Å²) in [6.45, 7) is 2.49. The monoisotopic (exact) mass is 248 g/mol. The van der Waals surface area contributed by atoms with Crippen molar-refractivity contribution in [2.24, 2.45) is 0 Å². The number of hydrogen-bond donors (Lipinski definition) is 1. The maximum atomic E-state index is 11.9. The SMILES string of the molecule is Cc1ccc(CN(C)C(=O)Cn2ccc(N)n2)o1. The molecule has 0 spiro atoms. The maximum absolute atomic E-state index is 11.9. The third-order valence-corrected chi connectivity index (χ3v) is 2.57. The predicted octanol–water partition coefficient (Wildman–Crippen LogP) is 1.03. The van der Waals surface area contributed by atoms with Crippen molar-refractivity contribution in [3.05, 3.63) is 35.9 Å². The Morgan fingerprint density at radius 1 is 1.50 bits per heavy atom. The van der Waals surface area contributed by atoms with Crippen LogP contribution in [0.15, 0.2) is 28.8 Å². The van der Waals surface area contributed by atoms with Crippen LogP contribution in [0.3, 0.4) is 0 Å². The van der Waals surface area contributed by atoms with Gasteiger partial charge in [-0.25, -0.2) is 0 Å². The van der Waals surface area contributed by atoms with Gasteiger partial charge in [0.2, 0.25) is 5.91 Å². The van der Waals surface area contributed by atoms with E-state index in [1.54, 1.807) is 24.2 Å². The van der Waals surface area contributed by atoms with E-state index in [0.717, 1.165) is 11.5 Å². The lowest BCUT2D eigenvalue weighted by Crippen LogP contribution is -2.29. The highest BCUT2D eigenvalue weighted by atomic mass is 16.3. The van der Waals surface area contributed by atoms with E-state index < -0.39 is 0 Å². The Bertz CT molecular complexity index is 544. The Morgan fingerprint density at radius 2 is 2.28 bits per heavy atom. The van der Waals surface area contributed by atoms with Gasteiger partial charge in [0, 0.05) is 13.2 Å². The van der Waals surface area contributed by atoms with E-state index in [9.17, 15) is 4.79 Å². The van der Waals surface area contributed by atoms with Gasteiger partial charge in [-0.05, 0) is 25.1 Å². The van der Waals surface area contributed by atoms with Gasteiger partial charge < -0.3 is 15.1 Å². The van der Waals surface area contributed by atoms with Crippen LogP contribution >= 0.6 is 0 Å². The molecule has 0 aliphatic heterocycles. The van der Waals surface area contributed by atoms with Crippen LogP contribution in [-0.2, 0) is 17.9 Å². The number of hydrogen-bond acceptors (Lipinski definition) is 4. The minimum absolute atomic E-state index is 0.0489. The van der Waals surface area contributed by atoms with Gasteiger partial charge in [-0.1, -0.05) is 0 Å². The van der Waals surface area contributed by atoms with Crippen molar-refractivity contribution in [1.82, 2.24) is 14.7 Å². The van der Waals surface area contributed by atoms with Crippen LogP contribution in [0, 0.1) is 6.92 Å². The number of rotatable bonds is 4. The van der Waals surface area contributed by atoms with E-state index >= 15 is 0 Å². The molecule has 0 aliphatic rings. The molecule has 1 amide bonds. The van der Waals surface area contributed by atoms with Crippen LogP contribution in [0.25, 0.3) is 0 Å². The molecule has 0 unspecified atom stereocenters. The standard InChI is InChI=1S/C12H16N4O2/c1-9-3-4-10(18-9)7-15(2)12(17)8-16-6-5-11(13)14-16/h3-6H,7-8H2,1-2H3,(H2,13,14). The highest BCUT2D eigenvalue weighted by Gasteiger charge is 2.12. The summed E-state index contributed by atoms with van der Waals surface area (Å²) in [4.78, 5) is 13.5. The second-order valence-corrected chi connectivity index (χ2v) is 4.20. The van der Waals surface area contributed by atoms with Gasteiger partial charge in [-0.2, -0.15) is 5.10 Å². The fourth-order valence-corrected chi connectivity index (χ4v) is 1.62. The third-order valence-electron chi connectivity index (χ3n) is 2.57. The quantitative estimate of drug-likeness (QED) is 0.876. The number of nitrogens with two attached hydrogens (primary N) is 1. The molecule has 0 fully saturated rings. The molecule has 18 heavy (non-hydrogen) atoms. The van der Waals surface area contributed by atoms with Crippen molar-refractivity contribution in [3.63, 3.8) is 0 Å². The predicted molar refractivity (Wildman–Crippen MR) is 66.6 cm³/mol. The first-order valence-electron chi connectivity index (χ1n) is 5.63. The smallest absolute Gasteiger partial charge is 0.244 e. The van der Waals surface area contributed by atoms with Crippen molar-refractivity contribution >= 4 is 11.7 Å². The van der Waals surface area contributed by atoms with Crippen molar-refractivity contribution < 1.29 is 9.21 Å². The summed E-state index contributed by atoms with van der Waals surface area (Å²) >= 11 is 0. The first-order chi connectivity index (χ1) is 8.54. The molecule has 6 nitrogen and oxygen atoms in total. The summed E-state index contributed by atoms with van der Waals surface area (Å²) in [5, 5.41) is 3.97. The van der Waals surface area contributed by atoms with E-state index in [1.165, 1.54) is 4.68 Å². The molecule has 0 bridgehead atoms. The first kappa shape index (κ1) is 12.2. The van der Waals surface area contributed by atoms with Gasteiger partial charge in [0.1, 0.15) is 23.9 Å². The molecule has 2 aromatic heterocycles. The van der Waals surface area contributed by atoms with Gasteiger partial charge in [-0.3, -0.25) is 9.48 Å². The minimum atomic E-state index is -0.0489. The lowest BCUT2D eigenvalue weighted by atomic mass is 10.4. The molecule has 0 saturated heterocycles. The molecule has 0 atom stereocenters. The average molecular weight is 248 g/mol. The zero-order valence-corrected chi connectivity index (χ0v) is 10.5. The van der Waals surface area contributed by atoms with Crippen LogP contribution in [0.4, 0.5) is 5.82 Å². The molecule has 2 N–H and O–H groups in total. The number of nitrogens with zero attached hydrogens (tertiary/aromatic N) is 3. The molecule has 2 rings (SSSR count). The number of furan rings is 1. The topological polar surface area (TPSA) is 77.3 Å². The molecule has 0 aliphatic carbocycles. The van der Waals surface area contributed by atoms with Crippen molar-refractivity contribution in [1.29, 1.82) is 0 Å². The van der Waals surface area contributed by atoms with E-state index in [0.29, 0.717) is 12.4 Å². The Hall–Kier alpha value is -2.24. The van der Waals surface area contributed by atoms with Crippen LogP contribution < -0.4 is 5.73 Å². The van der Waals surface area contributed by atoms with Crippen LogP contribution in [0.5, 0.6) is 0 Å². The Labute approximate surface area is 105 Å². The second kappa shape index (κ2) is 4.95. The molecule has 6 heteroatoms. The maximum Gasteiger partial charge on any atom is 0.244 e.